The van der Waals surface area contributed by atoms with Crippen LogP contribution < -0.4 is 15.4 Å². The van der Waals surface area contributed by atoms with Gasteiger partial charge in [0.25, 0.3) is 0 Å². The summed E-state index contributed by atoms with van der Waals surface area (Å²) in [6.07, 6.45) is -0.376. The number of fused-ring (bicyclic) bond motifs is 1. The van der Waals surface area contributed by atoms with E-state index in [0.717, 1.165) is 11.3 Å². The molecular formula is C16H18N4O4. The van der Waals surface area contributed by atoms with Crippen LogP contribution in [0.4, 0.5) is 16.3 Å². The molecule has 0 spiro atoms. The van der Waals surface area contributed by atoms with Crippen LogP contribution in [0.3, 0.4) is 0 Å². The van der Waals surface area contributed by atoms with E-state index in [0.29, 0.717) is 23.9 Å². The number of hydrogen-bond donors (Lipinski definition) is 2. The van der Waals surface area contributed by atoms with E-state index in [4.69, 9.17) is 9.26 Å². The molecule has 8 heteroatoms. The zero-order chi connectivity index (χ0) is 17.3. The molecule has 2 N–H and O–H groups in total. The van der Waals surface area contributed by atoms with Gasteiger partial charge in [0.2, 0.25) is 5.91 Å². The van der Waals surface area contributed by atoms with Crippen molar-refractivity contribution in [3.05, 3.63) is 35.6 Å². The first-order valence-corrected chi connectivity index (χ1v) is 7.49. The molecule has 3 rings (SSSR count). The van der Waals surface area contributed by atoms with E-state index in [2.05, 4.69) is 15.8 Å². The summed E-state index contributed by atoms with van der Waals surface area (Å²) in [5.41, 5.74) is 1.64. The molecule has 24 heavy (non-hydrogen) atoms. The molecule has 126 valence electrons. The standard InChI is InChI=1S/C16H18N4O4/c1-9-6-14(19-24-9)18-15(21)10(2)17-12-4-5-13-11(7-12)8-20(3)16(22)23-13/h4-7,10,17H,8H2,1-3H3,(H,18,19,21). The number of benzene rings is 1. The van der Waals surface area contributed by atoms with Gasteiger partial charge in [0.1, 0.15) is 17.6 Å². The summed E-state index contributed by atoms with van der Waals surface area (Å²) in [5.74, 6) is 1.31. The molecule has 0 bridgehead atoms. The van der Waals surface area contributed by atoms with E-state index in [-0.39, 0.29) is 12.0 Å². The quantitative estimate of drug-likeness (QED) is 0.893. The third kappa shape index (κ3) is 3.32. The van der Waals surface area contributed by atoms with E-state index < -0.39 is 6.04 Å². The van der Waals surface area contributed by atoms with Gasteiger partial charge in [0.15, 0.2) is 5.82 Å². The molecule has 0 saturated heterocycles. The molecule has 8 nitrogen and oxygen atoms in total. The van der Waals surface area contributed by atoms with Crippen LogP contribution in [-0.2, 0) is 11.3 Å². The highest BCUT2D eigenvalue weighted by Crippen LogP contribution is 2.28. The highest BCUT2D eigenvalue weighted by molar-refractivity contribution is 5.95. The van der Waals surface area contributed by atoms with Crippen molar-refractivity contribution in [3.8, 4) is 5.75 Å². The molecule has 2 amide bonds. The molecule has 1 aromatic carbocycles. The van der Waals surface area contributed by atoms with Crippen molar-refractivity contribution < 1.29 is 18.8 Å². The van der Waals surface area contributed by atoms with Gasteiger partial charge >= 0.3 is 6.09 Å². The molecule has 1 aromatic heterocycles. The summed E-state index contributed by atoms with van der Waals surface area (Å²) < 4.78 is 10.1. The molecule has 2 aromatic rings. The second-order valence-electron chi connectivity index (χ2n) is 5.72. The molecule has 0 fully saturated rings. The largest absolute Gasteiger partial charge is 0.415 e. The van der Waals surface area contributed by atoms with Crippen LogP contribution in [0.2, 0.25) is 0 Å². The lowest BCUT2D eigenvalue weighted by Gasteiger charge is -2.25. The monoisotopic (exact) mass is 330 g/mol. The Bertz CT molecular complexity index is 786. The van der Waals surface area contributed by atoms with Crippen molar-refractivity contribution in [2.45, 2.75) is 26.4 Å². The van der Waals surface area contributed by atoms with Gasteiger partial charge in [0.05, 0.1) is 6.54 Å². The van der Waals surface area contributed by atoms with Crippen LogP contribution in [-0.4, -0.2) is 35.1 Å². The fraction of sp³-hybridized carbons (Fsp3) is 0.312. The van der Waals surface area contributed by atoms with Crippen molar-refractivity contribution in [1.29, 1.82) is 0 Å². The first kappa shape index (κ1) is 15.9. The van der Waals surface area contributed by atoms with Crippen LogP contribution in [0, 0.1) is 6.92 Å². The number of nitrogens with zero attached hydrogens (tertiary/aromatic N) is 2. The second kappa shape index (κ2) is 6.23. The van der Waals surface area contributed by atoms with Gasteiger partial charge in [-0.05, 0) is 32.0 Å². The van der Waals surface area contributed by atoms with Gasteiger partial charge in [-0.15, -0.1) is 0 Å². The minimum absolute atomic E-state index is 0.232. The summed E-state index contributed by atoms with van der Waals surface area (Å²) in [6.45, 7) is 3.96. The molecule has 0 aliphatic carbocycles. The molecule has 1 atom stereocenters. The van der Waals surface area contributed by atoms with Crippen LogP contribution in [0.15, 0.2) is 28.8 Å². The molecular weight excluding hydrogens is 312 g/mol. The smallest absolute Gasteiger partial charge is 0.410 e. The zero-order valence-electron chi connectivity index (χ0n) is 13.6. The van der Waals surface area contributed by atoms with Gasteiger partial charge in [-0.3, -0.25) is 4.79 Å². The van der Waals surface area contributed by atoms with Gasteiger partial charge in [-0.1, -0.05) is 5.16 Å². The van der Waals surface area contributed by atoms with Gasteiger partial charge < -0.3 is 24.8 Å². The van der Waals surface area contributed by atoms with Gasteiger partial charge in [0, 0.05) is 24.4 Å². The normalized spacial score (nSPS) is 14.6. The van der Waals surface area contributed by atoms with E-state index >= 15 is 0 Å². The molecule has 0 radical (unpaired) electrons. The number of carbonyl (C=O) groups is 2. The van der Waals surface area contributed by atoms with Crippen LogP contribution in [0.1, 0.15) is 18.2 Å². The number of aryl methyl sites for hydroxylation is 1. The Hall–Kier alpha value is -3.03. The lowest BCUT2D eigenvalue weighted by Crippen LogP contribution is -2.34. The van der Waals surface area contributed by atoms with E-state index in [9.17, 15) is 9.59 Å². The Morgan fingerprint density at radius 2 is 2.17 bits per heavy atom. The molecule has 1 unspecified atom stereocenters. The first-order valence-electron chi connectivity index (χ1n) is 7.49. The van der Waals surface area contributed by atoms with Crippen molar-refractivity contribution in [3.63, 3.8) is 0 Å². The maximum absolute atomic E-state index is 12.2. The number of anilines is 2. The van der Waals surface area contributed by atoms with Crippen molar-refractivity contribution in [1.82, 2.24) is 10.1 Å². The number of hydrogen-bond acceptors (Lipinski definition) is 6. The maximum Gasteiger partial charge on any atom is 0.415 e. The fourth-order valence-electron chi connectivity index (χ4n) is 2.36. The summed E-state index contributed by atoms with van der Waals surface area (Å²) in [5, 5.41) is 9.52. The number of nitrogens with one attached hydrogen (secondary N) is 2. The number of carbonyl (C=O) groups excluding carboxylic acids is 2. The minimum Gasteiger partial charge on any atom is -0.410 e. The zero-order valence-corrected chi connectivity index (χ0v) is 13.6. The van der Waals surface area contributed by atoms with Crippen LogP contribution >= 0.6 is 0 Å². The summed E-state index contributed by atoms with van der Waals surface area (Å²) in [7, 11) is 1.67. The third-order valence-electron chi connectivity index (χ3n) is 3.63. The topological polar surface area (TPSA) is 96.7 Å². The number of ether oxygens (including phenoxy) is 1. The average Bonchev–Trinajstić information content (AvgIpc) is 2.93. The van der Waals surface area contributed by atoms with E-state index in [1.54, 1.807) is 39.1 Å². The number of aromatic nitrogens is 1. The van der Waals surface area contributed by atoms with E-state index in [1.807, 2.05) is 6.07 Å². The molecule has 0 saturated carbocycles. The SMILES string of the molecule is Cc1cc(NC(=O)C(C)Nc2ccc3c(c2)CN(C)C(=O)O3)no1. The van der Waals surface area contributed by atoms with Crippen molar-refractivity contribution >= 4 is 23.5 Å². The van der Waals surface area contributed by atoms with Crippen LogP contribution in [0.5, 0.6) is 5.75 Å². The predicted molar refractivity (Wildman–Crippen MR) is 86.9 cm³/mol. The number of rotatable bonds is 4. The average molecular weight is 330 g/mol. The summed E-state index contributed by atoms with van der Waals surface area (Å²) >= 11 is 0. The second-order valence-corrected chi connectivity index (χ2v) is 5.72. The Morgan fingerprint density at radius 1 is 1.38 bits per heavy atom. The maximum atomic E-state index is 12.2. The fourth-order valence-corrected chi connectivity index (χ4v) is 2.36. The van der Waals surface area contributed by atoms with E-state index in [1.165, 1.54) is 4.90 Å². The minimum atomic E-state index is -0.482. The molecule has 2 heterocycles. The Kier molecular flexibility index (Phi) is 4.11. The number of amides is 2. The van der Waals surface area contributed by atoms with Gasteiger partial charge in [-0.25, -0.2) is 4.79 Å². The predicted octanol–water partition coefficient (Wildman–Crippen LogP) is 2.37. The summed E-state index contributed by atoms with van der Waals surface area (Å²) in [6, 6.07) is 6.51. The highest BCUT2D eigenvalue weighted by Gasteiger charge is 2.22. The summed E-state index contributed by atoms with van der Waals surface area (Å²) in [4.78, 5) is 25.2. The lowest BCUT2D eigenvalue weighted by molar-refractivity contribution is -0.116. The Morgan fingerprint density at radius 3 is 2.88 bits per heavy atom. The lowest BCUT2D eigenvalue weighted by atomic mass is 10.1. The Labute approximate surface area is 138 Å². The van der Waals surface area contributed by atoms with Crippen LogP contribution in [0.25, 0.3) is 0 Å². The molecule has 1 aliphatic rings. The van der Waals surface area contributed by atoms with Crippen molar-refractivity contribution in [2.75, 3.05) is 17.7 Å². The molecule has 1 aliphatic heterocycles. The highest BCUT2D eigenvalue weighted by atomic mass is 16.6. The Balaban J connectivity index is 1.66. The van der Waals surface area contributed by atoms with Gasteiger partial charge in [-0.2, -0.15) is 0 Å². The first-order chi connectivity index (χ1) is 11.4. The third-order valence-corrected chi connectivity index (χ3v) is 3.63. The van der Waals surface area contributed by atoms with Crippen molar-refractivity contribution in [2.24, 2.45) is 0 Å².